The standard InChI is InChI=1S/C9H20N.Li/c1-6-10(7-2)8-9(3,4)5;/h3,6-8H2,1-2,4-5H3;. The van der Waals surface area contributed by atoms with Crippen LogP contribution in [0.5, 0.6) is 0 Å². The first-order valence-corrected chi connectivity index (χ1v) is 4.78. The number of hydrogen-bond acceptors (Lipinski definition) is 1. The third-order valence-corrected chi connectivity index (χ3v) is 2.50. The van der Waals surface area contributed by atoms with Crippen molar-refractivity contribution in [3.63, 3.8) is 0 Å². The predicted molar refractivity (Wildman–Crippen MR) is 52.1 cm³/mol. The Labute approximate surface area is 80.7 Å². The molecule has 62 valence electrons. The Hall–Kier alpha value is 0.557. The molecule has 0 saturated carbocycles. The third-order valence-electron chi connectivity index (χ3n) is 2.50. The molecule has 11 heavy (non-hydrogen) atoms. The van der Waals surface area contributed by atoms with Gasteiger partial charge in [-0.15, -0.1) is 0 Å². The second kappa shape index (κ2) is 5.25. The molecule has 0 amide bonds. The van der Waals surface area contributed by atoms with Crippen molar-refractivity contribution in [2.45, 2.75) is 32.8 Å². The van der Waals surface area contributed by atoms with Gasteiger partial charge in [0.1, 0.15) is 0 Å². The van der Waals surface area contributed by atoms with E-state index in [9.17, 15) is 0 Å². The summed E-state index contributed by atoms with van der Waals surface area (Å²) in [5.74, 6) is 0. The second-order valence-electron chi connectivity index (χ2n) is 3.98. The molecule has 0 saturated heterocycles. The van der Waals surface area contributed by atoms with Gasteiger partial charge in [0.05, 0.1) is 0 Å². The topological polar surface area (TPSA) is 3.24 Å². The molecule has 2 heteroatoms. The Morgan fingerprint density at radius 2 is 1.64 bits per heavy atom. The van der Waals surface area contributed by atoms with Crippen molar-refractivity contribution in [1.29, 1.82) is 0 Å². The molecule has 0 unspecified atom stereocenters. The molecule has 0 aliphatic heterocycles. The van der Waals surface area contributed by atoms with Gasteiger partial charge in [0, 0.05) is 0 Å². The van der Waals surface area contributed by atoms with Gasteiger partial charge in [-0.25, -0.2) is 0 Å². The zero-order valence-corrected chi connectivity index (χ0v) is 8.78. The van der Waals surface area contributed by atoms with E-state index in [4.69, 9.17) is 0 Å². The Morgan fingerprint density at radius 3 is 1.91 bits per heavy atom. The van der Waals surface area contributed by atoms with Crippen LogP contribution < -0.4 is 0 Å². The van der Waals surface area contributed by atoms with Crippen LogP contribution in [-0.2, 0) is 0 Å². The molecule has 0 rings (SSSR count). The van der Waals surface area contributed by atoms with Crippen LogP contribution in [0.25, 0.3) is 0 Å². The van der Waals surface area contributed by atoms with Gasteiger partial charge in [-0.1, -0.05) is 0 Å². The summed E-state index contributed by atoms with van der Waals surface area (Å²) < 4.78 is 0. The van der Waals surface area contributed by atoms with Gasteiger partial charge >= 0.3 is 80.5 Å². The SMILES string of the molecule is [Li][CH2]C(C)(C)CN(CC)CC. The molecule has 0 spiro atoms. The summed E-state index contributed by atoms with van der Waals surface area (Å²) in [4.78, 5) is 2.49. The van der Waals surface area contributed by atoms with Crippen LogP contribution in [-0.4, -0.2) is 42.2 Å². The number of hydrogen-bond donors (Lipinski definition) is 0. The van der Waals surface area contributed by atoms with Crippen LogP contribution in [0.4, 0.5) is 0 Å². The van der Waals surface area contributed by atoms with E-state index in [1.165, 1.54) is 24.7 Å². The van der Waals surface area contributed by atoms with E-state index >= 15 is 0 Å². The molecule has 1 nitrogen and oxygen atoms in total. The van der Waals surface area contributed by atoms with E-state index in [1.807, 2.05) is 0 Å². The van der Waals surface area contributed by atoms with Gasteiger partial charge in [-0.05, 0) is 0 Å². The van der Waals surface area contributed by atoms with Crippen LogP contribution in [0, 0.1) is 5.41 Å². The van der Waals surface area contributed by atoms with Crippen molar-refractivity contribution < 1.29 is 0 Å². The van der Waals surface area contributed by atoms with Gasteiger partial charge in [-0.3, -0.25) is 0 Å². The molecular formula is C9H20LiN. The van der Waals surface area contributed by atoms with Crippen molar-refractivity contribution in [3.05, 3.63) is 0 Å². The Balaban J connectivity index is 3.79. The van der Waals surface area contributed by atoms with E-state index in [1.54, 1.807) is 0 Å². The molecule has 0 fully saturated rings. The zero-order valence-electron chi connectivity index (χ0n) is 8.78. The maximum absolute atomic E-state index is 2.49. The summed E-state index contributed by atoms with van der Waals surface area (Å²) in [6.07, 6.45) is 0. The van der Waals surface area contributed by atoms with Crippen molar-refractivity contribution in [2.75, 3.05) is 19.6 Å². The summed E-state index contributed by atoms with van der Waals surface area (Å²) in [5, 5.41) is 1.27. The van der Waals surface area contributed by atoms with Crippen LogP contribution >= 0.6 is 0 Å². The molecule has 0 aromatic carbocycles. The molecule has 0 heterocycles. The van der Waals surface area contributed by atoms with E-state index in [0.29, 0.717) is 5.41 Å². The second-order valence-corrected chi connectivity index (χ2v) is 3.98. The quantitative estimate of drug-likeness (QED) is 0.540. The van der Waals surface area contributed by atoms with Crippen LogP contribution in [0.2, 0.25) is 5.09 Å². The fraction of sp³-hybridized carbons (Fsp3) is 1.00. The van der Waals surface area contributed by atoms with Gasteiger partial charge < -0.3 is 0 Å². The monoisotopic (exact) mass is 149 g/mol. The normalized spacial score (nSPS) is 12.6. The molecule has 0 aliphatic rings. The molecule has 0 aromatic rings. The van der Waals surface area contributed by atoms with Gasteiger partial charge in [0.2, 0.25) is 0 Å². The molecule has 0 atom stereocenters. The molecule has 0 N–H and O–H groups in total. The minimum absolute atomic E-state index is 0.492. The summed E-state index contributed by atoms with van der Waals surface area (Å²) in [7, 11) is 0. The summed E-state index contributed by atoms with van der Waals surface area (Å²) in [6.45, 7) is 12.7. The first-order valence-electron chi connectivity index (χ1n) is 4.78. The maximum atomic E-state index is 2.49. The first kappa shape index (κ1) is 11.6. The Kier molecular flexibility index (Phi) is 5.51. The van der Waals surface area contributed by atoms with Crippen molar-refractivity contribution in [2.24, 2.45) is 5.41 Å². The van der Waals surface area contributed by atoms with Crippen LogP contribution in [0.1, 0.15) is 27.7 Å². The minimum atomic E-state index is 0.492. The average Bonchev–Trinajstić information content (AvgIpc) is 2.00. The van der Waals surface area contributed by atoms with Crippen LogP contribution in [0.3, 0.4) is 0 Å². The van der Waals surface area contributed by atoms with Gasteiger partial charge in [0.25, 0.3) is 0 Å². The fourth-order valence-electron chi connectivity index (χ4n) is 1.16. The fourth-order valence-corrected chi connectivity index (χ4v) is 1.16. The molecule has 0 bridgehead atoms. The first-order chi connectivity index (χ1) is 5.05. The number of rotatable bonds is 5. The van der Waals surface area contributed by atoms with E-state index < -0.39 is 0 Å². The molecular weight excluding hydrogens is 129 g/mol. The summed E-state index contributed by atoms with van der Waals surface area (Å²) >= 11 is 2.27. The Bertz CT molecular complexity index is 97.7. The zero-order chi connectivity index (χ0) is 8.91. The molecule has 0 aromatic heterocycles. The van der Waals surface area contributed by atoms with E-state index in [0.717, 1.165) is 0 Å². The summed E-state index contributed by atoms with van der Waals surface area (Å²) in [5.41, 5.74) is 0.492. The van der Waals surface area contributed by atoms with E-state index in [2.05, 4.69) is 50.3 Å². The van der Waals surface area contributed by atoms with Crippen molar-refractivity contribution in [3.8, 4) is 0 Å². The summed E-state index contributed by atoms with van der Waals surface area (Å²) in [6, 6.07) is 0. The third kappa shape index (κ3) is 4.90. The van der Waals surface area contributed by atoms with Gasteiger partial charge in [-0.2, -0.15) is 0 Å². The van der Waals surface area contributed by atoms with Crippen molar-refractivity contribution >= 4 is 17.7 Å². The predicted octanol–water partition coefficient (Wildman–Crippen LogP) is 1.94. The van der Waals surface area contributed by atoms with Gasteiger partial charge in [0.15, 0.2) is 0 Å². The van der Waals surface area contributed by atoms with Crippen molar-refractivity contribution in [1.82, 2.24) is 4.90 Å². The molecule has 0 radical (unpaired) electrons. The molecule has 0 aliphatic carbocycles. The Morgan fingerprint density at radius 1 is 1.18 bits per heavy atom. The average molecular weight is 149 g/mol. The van der Waals surface area contributed by atoms with Crippen LogP contribution in [0.15, 0.2) is 0 Å². The van der Waals surface area contributed by atoms with E-state index in [-0.39, 0.29) is 0 Å². The number of nitrogens with zero attached hydrogens (tertiary/aromatic N) is 1.